The molecule has 0 bridgehead atoms. The zero-order chi connectivity index (χ0) is 9.26. The topological polar surface area (TPSA) is 29.5 Å². The van der Waals surface area contributed by atoms with Crippen molar-refractivity contribution >= 4 is 5.91 Å². The second-order valence-electron chi connectivity index (χ2n) is 4.06. The van der Waals surface area contributed by atoms with E-state index in [0.717, 1.165) is 32.2 Å². The first-order valence-corrected chi connectivity index (χ1v) is 5.12. The van der Waals surface area contributed by atoms with Gasteiger partial charge >= 0.3 is 0 Å². The van der Waals surface area contributed by atoms with Gasteiger partial charge in [0.25, 0.3) is 0 Å². The highest BCUT2D eigenvalue weighted by Crippen LogP contribution is 2.33. The molecule has 0 aromatic rings. The third-order valence-electron chi connectivity index (χ3n) is 2.95. The largest absolute Gasteiger partial charge is 0.383 e. The number of nitrogens with zero attached hydrogens (tertiary/aromatic N) is 1. The molecule has 1 atom stereocenters. The third kappa shape index (κ3) is 1.85. The molecule has 1 saturated carbocycles. The Kier molecular flexibility index (Phi) is 2.54. The molecule has 0 N–H and O–H groups in total. The minimum Gasteiger partial charge on any atom is -0.383 e. The molecule has 1 heterocycles. The number of methoxy groups -OCH3 is 1. The Morgan fingerprint density at radius 1 is 1.46 bits per heavy atom. The van der Waals surface area contributed by atoms with Crippen molar-refractivity contribution in [2.24, 2.45) is 5.92 Å². The highest BCUT2D eigenvalue weighted by molar-refractivity contribution is 5.81. The fraction of sp³-hybridized carbons (Fsp3) is 0.900. The van der Waals surface area contributed by atoms with Gasteiger partial charge in [0.05, 0.1) is 12.6 Å². The molecular weight excluding hydrogens is 166 g/mol. The zero-order valence-corrected chi connectivity index (χ0v) is 8.16. The molecule has 1 aliphatic heterocycles. The van der Waals surface area contributed by atoms with E-state index in [1.807, 2.05) is 4.90 Å². The molecule has 74 valence electrons. The maximum Gasteiger partial charge on any atom is 0.226 e. The van der Waals surface area contributed by atoms with E-state index in [1.165, 1.54) is 0 Å². The van der Waals surface area contributed by atoms with Gasteiger partial charge in [-0.05, 0) is 25.7 Å². The van der Waals surface area contributed by atoms with Crippen LogP contribution in [0.15, 0.2) is 0 Å². The second-order valence-corrected chi connectivity index (χ2v) is 4.06. The van der Waals surface area contributed by atoms with Crippen LogP contribution < -0.4 is 0 Å². The first kappa shape index (κ1) is 9.00. The van der Waals surface area contributed by atoms with E-state index in [2.05, 4.69) is 0 Å². The lowest BCUT2D eigenvalue weighted by Gasteiger charge is -2.23. The fourth-order valence-corrected chi connectivity index (χ4v) is 2.06. The summed E-state index contributed by atoms with van der Waals surface area (Å²) in [5.41, 5.74) is 0. The molecule has 13 heavy (non-hydrogen) atoms. The van der Waals surface area contributed by atoms with E-state index in [1.54, 1.807) is 7.11 Å². The Balaban J connectivity index is 1.91. The van der Waals surface area contributed by atoms with Crippen molar-refractivity contribution in [2.45, 2.75) is 31.7 Å². The van der Waals surface area contributed by atoms with Crippen LogP contribution in [0.4, 0.5) is 0 Å². The summed E-state index contributed by atoms with van der Waals surface area (Å²) in [5, 5.41) is 0. The van der Waals surface area contributed by atoms with Crippen molar-refractivity contribution in [3.05, 3.63) is 0 Å². The van der Waals surface area contributed by atoms with Crippen LogP contribution in [0.5, 0.6) is 0 Å². The SMILES string of the molecule is COCC1CCCN1C(=O)C1CC1. The normalized spacial score (nSPS) is 28.1. The van der Waals surface area contributed by atoms with Crippen LogP contribution in [0.25, 0.3) is 0 Å². The maximum absolute atomic E-state index is 11.8. The molecule has 2 fully saturated rings. The summed E-state index contributed by atoms with van der Waals surface area (Å²) in [6.45, 7) is 1.65. The molecular formula is C10H17NO2. The first-order valence-electron chi connectivity index (χ1n) is 5.12. The predicted molar refractivity (Wildman–Crippen MR) is 49.3 cm³/mol. The minimum atomic E-state index is 0.359. The molecule has 3 nitrogen and oxygen atoms in total. The highest BCUT2D eigenvalue weighted by atomic mass is 16.5. The number of carbonyl (C=O) groups is 1. The van der Waals surface area contributed by atoms with Crippen molar-refractivity contribution in [3.8, 4) is 0 Å². The number of hydrogen-bond acceptors (Lipinski definition) is 2. The van der Waals surface area contributed by atoms with Gasteiger partial charge in [0.15, 0.2) is 0 Å². The molecule has 3 heteroatoms. The van der Waals surface area contributed by atoms with Crippen molar-refractivity contribution in [1.29, 1.82) is 0 Å². The Bertz CT molecular complexity index is 201. The van der Waals surface area contributed by atoms with Gasteiger partial charge in [-0.3, -0.25) is 4.79 Å². The summed E-state index contributed by atoms with van der Waals surface area (Å²) in [5.74, 6) is 0.733. The minimum absolute atomic E-state index is 0.359. The quantitative estimate of drug-likeness (QED) is 0.654. The van der Waals surface area contributed by atoms with Crippen molar-refractivity contribution in [3.63, 3.8) is 0 Å². The summed E-state index contributed by atoms with van der Waals surface area (Å²) < 4.78 is 5.11. The summed E-state index contributed by atoms with van der Waals surface area (Å²) in [6.07, 6.45) is 4.48. The Labute approximate surface area is 79.0 Å². The van der Waals surface area contributed by atoms with Gasteiger partial charge in [-0.2, -0.15) is 0 Å². The number of ether oxygens (including phenoxy) is 1. The van der Waals surface area contributed by atoms with E-state index >= 15 is 0 Å². The number of amides is 1. The molecule has 1 unspecified atom stereocenters. The number of hydrogen-bond donors (Lipinski definition) is 0. The van der Waals surface area contributed by atoms with Gasteiger partial charge in [0.1, 0.15) is 0 Å². The van der Waals surface area contributed by atoms with Crippen LogP contribution in [-0.2, 0) is 9.53 Å². The van der Waals surface area contributed by atoms with Crippen molar-refractivity contribution in [2.75, 3.05) is 20.3 Å². The molecule has 0 spiro atoms. The highest BCUT2D eigenvalue weighted by Gasteiger charge is 2.38. The standard InChI is InChI=1S/C10H17NO2/c1-13-7-9-3-2-6-11(9)10(12)8-4-5-8/h8-9H,2-7H2,1H3. The smallest absolute Gasteiger partial charge is 0.226 e. The third-order valence-corrected chi connectivity index (χ3v) is 2.95. The average Bonchev–Trinajstić information content (AvgIpc) is 2.87. The zero-order valence-electron chi connectivity index (χ0n) is 8.16. The number of likely N-dealkylation sites (tertiary alicyclic amines) is 1. The molecule has 1 saturated heterocycles. The number of carbonyl (C=O) groups excluding carboxylic acids is 1. The second kappa shape index (κ2) is 3.66. The lowest BCUT2D eigenvalue weighted by atomic mass is 10.2. The van der Waals surface area contributed by atoms with Gasteiger partial charge in [0.2, 0.25) is 5.91 Å². The summed E-state index contributed by atoms with van der Waals surface area (Å²) >= 11 is 0. The maximum atomic E-state index is 11.8. The molecule has 0 aromatic heterocycles. The van der Waals surface area contributed by atoms with E-state index in [-0.39, 0.29) is 0 Å². The van der Waals surface area contributed by atoms with Crippen molar-refractivity contribution in [1.82, 2.24) is 4.90 Å². The van der Waals surface area contributed by atoms with E-state index in [0.29, 0.717) is 24.5 Å². The van der Waals surface area contributed by atoms with Crippen LogP contribution in [0.1, 0.15) is 25.7 Å². The van der Waals surface area contributed by atoms with Gasteiger partial charge < -0.3 is 9.64 Å². The molecule has 0 radical (unpaired) electrons. The molecule has 1 amide bonds. The molecule has 0 aromatic carbocycles. The Morgan fingerprint density at radius 2 is 2.23 bits per heavy atom. The van der Waals surface area contributed by atoms with Crippen LogP contribution in [0.3, 0.4) is 0 Å². The summed E-state index contributed by atoms with van der Waals surface area (Å²) in [4.78, 5) is 13.8. The monoisotopic (exact) mass is 183 g/mol. The van der Waals surface area contributed by atoms with Gasteiger partial charge in [-0.15, -0.1) is 0 Å². The number of rotatable bonds is 3. The lowest BCUT2D eigenvalue weighted by molar-refractivity contribution is -0.134. The van der Waals surface area contributed by atoms with Crippen LogP contribution in [0.2, 0.25) is 0 Å². The van der Waals surface area contributed by atoms with Crippen LogP contribution >= 0.6 is 0 Å². The van der Waals surface area contributed by atoms with Crippen LogP contribution in [0, 0.1) is 5.92 Å². The van der Waals surface area contributed by atoms with E-state index < -0.39 is 0 Å². The van der Waals surface area contributed by atoms with Gasteiger partial charge in [-0.1, -0.05) is 0 Å². The average molecular weight is 183 g/mol. The lowest BCUT2D eigenvalue weighted by Crippen LogP contribution is -2.38. The van der Waals surface area contributed by atoms with E-state index in [9.17, 15) is 4.79 Å². The van der Waals surface area contributed by atoms with Gasteiger partial charge in [0, 0.05) is 19.6 Å². The first-order chi connectivity index (χ1) is 6.33. The van der Waals surface area contributed by atoms with E-state index in [4.69, 9.17) is 4.74 Å². The summed E-state index contributed by atoms with van der Waals surface area (Å²) in [6, 6.07) is 0.359. The Morgan fingerprint density at radius 3 is 2.85 bits per heavy atom. The predicted octanol–water partition coefficient (Wildman–Crippen LogP) is 1.03. The Hall–Kier alpha value is -0.570. The van der Waals surface area contributed by atoms with Gasteiger partial charge in [-0.25, -0.2) is 0 Å². The molecule has 1 aliphatic carbocycles. The van der Waals surface area contributed by atoms with Crippen LogP contribution in [-0.4, -0.2) is 37.1 Å². The molecule has 2 rings (SSSR count). The fourth-order valence-electron chi connectivity index (χ4n) is 2.06. The molecule has 2 aliphatic rings. The van der Waals surface area contributed by atoms with Crippen molar-refractivity contribution < 1.29 is 9.53 Å². The summed E-state index contributed by atoms with van der Waals surface area (Å²) in [7, 11) is 1.71.